The number of nitriles is 1. The molecule has 0 spiro atoms. The maximum atomic E-state index is 13.4. The fourth-order valence-corrected chi connectivity index (χ4v) is 3.97. The Morgan fingerprint density at radius 1 is 1.22 bits per heavy atom. The third kappa shape index (κ3) is 2.23. The number of benzene rings is 2. The molecule has 5 heteroatoms. The molecule has 0 unspecified atom stereocenters. The molecule has 0 radical (unpaired) electrons. The van der Waals surface area contributed by atoms with Crippen LogP contribution in [0, 0.1) is 11.3 Å². The van der Waals surface area contributed by atoms with Crippen molar-refractivity contribution in [3.05, 3.63) is 63.8 Å². The molecule has 134 valence electrons. The van der Waals surface area contributed by atoms with E-state index in [4.69, 9.17) is 10.00 Å². The number of carbonyl (C=O) groups is 2. The van der Waals surface area contributed by atoms with E-state index < -0.39 is 5.41 Å². The quantitative estimate of drug-likeness (QED) is 0.699. The van der Waals surface area contributed by atoms with Crippen molar-refractivity contribution in [3.63, 3.8) is 0 Å². The van der Waals surface area contributed by atoms with Crippen LogP contribution in [0.15, 0.2) is 30.3 Å². The molecule has 1 aliphatic rings. The summed E-state index contributed by atoms with van der Waals surface area (Å²) in [7, 11) is 1.52. The highest BCUT2D eigenvalue weighted by molar-refractivity contribution is 6.20. The Hall–Kier alpha value is -3.39. The minimum absolute atomic E-state index is 0.125. The van der Waals surface area contributed by atoms with Crippen LogP contribution in [0.4, 0.5) is 0 Å². The van der Waals surface area contributed by atoms with Gasteiger partial charge in [-0.05, 0) is 36.8 Å². The second kappa shape index (κ2) is 5.55. The lowest BCUT2D eigenvalue weighted by Crippen LogP contribution is -2.30. The van der Waals surface area contributed by atoms with Crippen molar-refractivity contribution in [3.8, 4) is 11.8 Å². The van der Waals surface area contributed by atoms with E-state index >= 15 is 0 Å². The predicted molar refractivity (Wildman–Crippen MR) is 102 cm³/mol. The smallest absolute Gasteiger partial charge is 0.195 e. The van der Waals surface area contributed by atoms with Crippen LogP contribution >= 0.6 is 0 Å². The van der Waals surface area contributed by atoms with E-state index in [1.807, 2.05) is 13.8 Å². The van der Waals surface area contributed by atoms with Gasteiger partial charge in [-0.15, -0.1) is 0 Å². The topological polar surface area (TPSA) is 83.0 Å². The summed E-state index contributed by atoms with van der Waals surface area (Å²) in [5.41, 5.74) is 3.94. The number of fused-ring (bicyclic) bond motifs is 4. The SMILES string of the molecule is COc1cc2c(cc1C(C)=O)C(=O)c1c([nH]c3cc(C#N)ccc13)C2(C)C. The summed E-state index contributed by atoms with van der Waals surface area (Å²) in [6, 6.07) is 10.8. The van der Waals surface area contributed by atoms with Gasteiger partial charge in [0.1, 0.15) is 5.75 Å². The molecule has 0 saturated heterocycles. The number of methoxy groups -OCH3 is 1. The van der Waals surface area contributed by atoms with E-state index in [0.717, 1.165) is 22.2 Å². The zero-order valence-electron chi connectivity index (χ0n) is 15.6. The van der Waals surface area contributed by atoms with Crippen LogP contribution in [0.2, 0.25) is 0 Å². The summed E-state index contributed by atoms with van der Waals surface area (Å²) in [6.45, 7) is 5.53. The van der Waals surface area contributed by atoms with Gasteiger partial charge in [0.15, 0.2) is 11.6 Å². The predicted octanol–water partition coefficient (Wildman–Crippen LogP) is 4.12. The van der Waals surface area contributed by atoms with E-state index in [0.29, 0.717) is 28.0 Å². The molecular weight excluding hydrogens is 340 g/mol. The first kappa shape index (κ1) is 17.0. The highest BCUT2D eigenvalue weighted by atomic mass is 16.5. The average molecular weight is 358 g/mol. The molecule has 27 heavy (non-hydrogen) atoms. The lowest BCUT2D eigenvalue weighted by atomic mass is 9.70. The molecular formula is C22H18N2O3. The molecule has 1 heterocycles. The molecule has 1 aliphatic carbocycles. The van der Waals surface area contributed by atoms with Crippen LogP contribution in [-0.4, -0.2) is 23.7 Å². The van der Waals surface area contributed by atoms with Crippen molar-refractivity contribution >= 4 is 22.5 Å². The monoisotopic (exact) mass is 358 g/mol. The van der Waals surface area contributed by atoms with E-state index in [-0.39, 0.29) is 11.6 Å². The fourth-order valence-electron chi connectivity index (χ4n) is 3.97. The highest BCUT2D eigenvalue weighted by Gasteiger charge is 2.40. The van der Waals surface area contributed by atoms with E-state index in [2.05, 4.69) is 11.1 Å². The Morgan fingerprint density at radius 2 is 1.96 bits per heavy atom. The first-order valence-electron chi connectivity index (χ1n) is 8.64. The zero-order chi connectivity index (χ0) is 19.5. The number of aromatic amines is 1. The summed E-state index contributed by atoms with van der Waals surface area (Å²) in [5, 5.41) is 9.95. The maximum absolute atomic E-state index is 13.4. The molecule has 0 bridgehead atoms. The first-order chi connectivity index (χ1) is 12.8. The zero-order valence-corrected chi connectivity index (χ0v) is 15.6. The standard InChI is InChI=1S/C22H18N2O3/c1-11(25)14-8-15-16(9-18(14)27-4)22(2,3)21-19(20(15)26)13-6-5-12(10-23)7-17(13)24-21/h5-9,24H,1-4H3. The summed E-state index contributed by atoms with van der Waals surface area (Å²) in [5.74, 6) is 0.192. The van der Waals surface area contributed by atoms with Crippen molar-refractivity contribution in [2.75, 3.05) is 7.11 Å². The number of rotatable bonds is 2. The van der Waals surface area contributed by atoms with Gasteiger partial charge in [-0.25, -0.2) is 0 Å². The van der Waals surface area contributed by atoms with Crippen LogP contribution < -0.4 is 4.74 Å². The maximum Gasteiger partial charge on any atom is 0.195 e. The Labute approximate surface area is 156 Å². The molecule has 5 nitrogen and oxygen atoms in total. The lowest BCUT2D eigenvalue weighted by molar-refractivity contribution is 0.101. The van der Waals surface area contributed by atoms with Crippen molar-refractivity contribution in [1.82, 2.24) is 4.98 Å². The average Bonchev–Trinajstić information content (AvgIpc) is 3.05. The molecule has 0 saturated carbocycles. The number of Topliss-reactive ketones (excluding diaryl/α,β-unsaturated/α-hetero) is 1. The molecule has 0 amide bonds. The number of hydrogen-bond acceptors (Lipinski definition) is 4. The number of aromatic nitrogens is 1. The van der Waals surface area contributed by atoms with Gasteiger partial charge in [-0.2, -0.15) is 5.26 Å². The third-order valence-electron chi connectivity index (χ3n) is 5.42. The van der Waals surface area contributed by atoms with E-state index in [9.17, 15) is 9.59 Å². The van der Waals surface area contributed by atoms with Crippen LogP contribution in [0.1, 0.15) is 63.9 Å². The Kier molecular flexibility index (Phi) is 3.50. The molecule has 0 fully saturated rings. The van der Waals surface area contributed by atoms with Crippen LogP contribution in [0.3, 0.4) is 0 Å². The van der Waals surface area contributed by atoms with E-state index in [1.165, 1.54) is 14.0 Å². The van der Waals surface area contributed by atoms with Crippen molar-refractivity contribution in [2.45, 2.75) is 26.2 Å². The molecule has 0 atom stereocenters. The minimum Gasteiger partial charge on any atom is -0.496 e. The number of hydrogen-bond donors (Lipinski definition) is 1. The summed E-state index contributed by atoms with van der Waals surface area (Å²) in [6.07, 6.45) is 0. The molecule has 1 N–H and O–H groups in total. The lowest BCUT2D eigenvalue weighted by Gasteiger charge is -2.32. The van der Waals surface area contributed by atoms with Crippen LogP contribution in [0.5, 0.6) is 5.75 Å². The number of nitrogens with one attached hydrogen (secondary N) is 1. The number of H-pyrrole nitrogens is 1. The summed E-state index contributed by atoms with van der Waals surface area (Å²) >= 11 is 0. The number of ketones is 2. The Balaban J connectivity index is 2.06. The highest BCUT2D eigenvalue weighted by Crippen LogP contribution is 2.45. The van der Waals surface area contributed by atoms with Gasteiger partial charge < -0.3 is 9.72 Å². The Bertz CT molecular complexity index is 1190. The van der Waals surface area contributed by atoms with Crippen LogP contribution in [0.25, 0.3) is 10.9 Å². The second-order valence-corrected chi connectivity index (χ2v) is 7.36. The second-order valence-electron chi connectivity index (χ2n) is 7.36. The van der Waals surface area contributed by atoms with Gasteiger partial charge in [0.2, 0.25) is 0 Å². The van der Waals surface area contributed by atoms with Gasteiger partial charge in [0, 0.05) is 27.6 Å². The largest absolute Gasteiger partial charge is 0.496 e. The van der Waals surface area contributed by atoms with Crippen molar-refractivity contribution in [1.29, 1.82) is 5.26 Å². The van der Waals surface area contributed by atoms with Crippen molar-refractivity contribution < 1.29 is 14.3 Å². The molecule has 3 aromatic rings. The minimum atomic E-state index is -0.493. The van der Waals surface area contributed by atoms with Crippen LogP contribution in [-0.2, 0) is 5.41 Å². The van der Waals surface area contributed by atoms with E-state index in [1.54, 1.807) is 30.3 Å². The third-order valence-corrected chi connectivity index (χ3v) is 5.42. The normalized spacial score (nSPS) is 14.4. The molecule has 1 aromatic heterocycles. The Morgan fingerprint density at radius 3 is 2.59 bits per heavy atom. The van der Waals surface area contributed by atoms with Gasteiger partial charge >= 0.3 is 0 Å². The summed E-state index contributed by atoms with van der Waals surface area (Å²) < 4.78 is 5.40. The number of ether oxygens (including phenoxy) is 1. The molecule has 4 rings (SSSR count). The van der Waals surface area contributed by atoms with Gasteiger partial charge in [0.25, 0.3) is 0 Å². The van der Waals surface area contributed by atoms with Gasteiger partial charge in [0.05, 0.1) is 29.9 Å². The molecule has 0 aliphatic heterocycles. The van der Waals surface area contributed by atoms with Crippen molar-refractivity contribution in [2.24, 2.45) is 0 Å². The first-order valence-corrected chi connectivity index (χ1v) is 8.64. The fraction of sp³-hybridized carbons (Fsp3) is 0.227. The number of nitrogens with zero attached hydrogens (tertiary/aromatic N) is 1. The summed E-state index contributed by atoms with van der Waals surface area (Å²) in [4.78, 5) is 28.7. The molecule has 2 aromatic carbocycles. The van der Waals surface area contributed by atoms with Gasteiger partial charge in [-0.1, -0.05) is 19.9 Å². The number of carbonyl (C=O) groups excluding carboxylic acids is 2. The van der Waals surface area contributed by atoms with Gasteiger partial charge in [-0.3, -0.25) is 9.59 Å².